The Labute approximate surface area is 81.2 Å². The molecule has 0 spiro atoms. The summed E-state index contributed by atoms with van der Waals surface area (Å²) in [6, 6.07) is 1.53. The molecule has 0 bridgehead atoms. The summed E-state index contributed by atoms with van der Waals surface area (Å²) in [5.41, 5.74) is 5.94. The van der Waals surface area contributed by atoms with Gasteiger partial charge in [-0.25, -0.2) is 0 Å². The number of aliphatic hydroxyl groups is 2. The second-order valence-corrected chi connectivity index (χ2v) is 3.19. The van der Waals surface area contributed by atoms with Crippen molar-refractivity contribution in [2.45, 2.75) is 19.1 Å². The molecule has 2 atom stereocenters. The number of hydrogen-bond acceptors (Lipinski definition) is 4. The van der Waals surface area contributed by atoms with Crippen molar-refractivity contribution < 1.29 is 10.2 Å². The number of aryl methyl sites for hydroxylation is 1. The zero-order chi connectivity index (χ0) is 10.7. The molecule has 1 heterocycles. The lowest BCUT2D eigenvalue weighted by atomic mass is 10.1. The van der Waals surface area contributed by atoms with E-state index in [0.717, 1.165) is 0 Å². The molecule has 0 saturated heterocycles. The summed E-state index contributed by atoms with van der Waals surface area (Å²) in [5, 5.41) is 18.8. The van der Waals surface area contributed by atoms with E-state index in [2.05, 4.69) is 4.98 Å². The average Bonchev–Trinajstić information content (AvgIpc) is 2.20. The Balaban J connectivity index is 2.96. The number of aromatic amines is 1. The Hall–Kier alpha value is -1.17. The fourth-order valence-corrected chi connectivity index (χ4v) is 1.14. The minimum Gasteiger partial charge on any atom is -0.389 e. The number of hydrogen-bond donors (Lipinski definition) is 4. The van der Waals surface area contributed by atoms with E-state index in [4.69, 9.17) is 5.73 Å². The average molecular weight is 198 g/mol. The normalized spacial score (nSPS) is 15.1. The number of pyridine rings is 1. The molecule has 2 unspecified atom stereocenters. The van der Waals surface area contributed by atoms with Crippen LogP contribution in [0.15, 0.2) is 17.1 Å². The maximum Gasteiger partial charge on any atom is 0.250 e. The smallest absolute Gasteiger partial charge is 0.250 e. The standard InChI is InChI=1S/C9H14N2O3/c1-5-2-6(4-11-9(5)14)8(13)7(12)3-10/h2,4,7-8,12-13H,3,10H2,1H3,(H,11,14). The summed E-state index contributed by atoms with van der Waals surface area (Å²) in [7, 11) is 0. The fourth-order valence-electron chi connectivity index (χ4n) is 1.14. The monoisotopic (exact) mass is 198 g/mol. The lowest BCUT2D eigenvalue weighted by Gasteiger charge is -2.16. The summed E-state index contributed by atoms with van der Waals surface area (Å²) in [6.07, 6.45) is -0.699. The maximum absolute atomic E-state index is 11.0. The molecular weight excluding hydrogens is 184 g/mol. The van der Waals surface area contributed by atoms with Crippen LogP contribution in [0.3, 0.4) is 0 Å². The second-order valence-electron chi connectivity index (χ2n) is 3.19. The molecule has 5 N–H and O–H groups in total. The molecule has 5 nitrogen and oxygen atoms in total. The van der Waals surface area contributed by atoms with Crippen LogP contribution in [0.2, 0.25) is 0 Å². The van der Waals surface area contributed by atoms with Crippen LogP contribution in [0, 0.1) is 6.92 Å². The molecule has 0 radical (unpaired) electrons. The highest BCUT2D eigenvalue weighted by Gasteiger charge is 2.17. The Morgan fingerprint density at radius 1 is 1.57 bits per heavy atom. The molecule has 0 fully saturated rings. The Morgan fingerprint density at radius 3 is 2.71 bits per heavy atom. The number of nitrogens with one attached hydrogen (secondary N) is 1. The van der Waals surface area contributed by atoms with Gasteiger partial charge in [-0.1, -0.05) is 0 Å². The predicted molar refractivity (Wildman–Crippen MR) is 51.8 cm³/mol. The lowest BCUT2D eigenvalue weighted by Crippen LogP contribution is -2.27. The van der Waals surface area contributed by atoms with Crippen LogP contribution < -0.4 is 11.3 Å². The van der Waals surface area contributed by atoms with Gasteiger partial charge in [-0.2, -0.15) is 0 Å². The van der Waals surface area contributed by atoms with Gasteiger partial charge in [0.1, 0.15) is 6.10 Å². The summed E-state index contributed by atoms with van der Waals surface area (Å²) < 4.78 is 0. The summed E-state index contributed by atoms with van der Waals surface area (Å²) in [6.45, 7) is 1.60. The molecule has 0 aromatic carbocycles. The first-order valence-corrected chi connectivity index (χ1v) is 4.31. The molecule has 1 aromatic heterocycles. The van der Waals surface area contributed by atoms with Gasteiger partial charge in [0.25, 0.3) is 5.56 Å². The lowest BCUT2D eigenvalue weighted by molar-refractivity contribution is 0.0241. The predicted octanol–water partition coefficient (Wildman–Crippen LogP) is -0.964. The Bertz CT molecular complexity index is 361. The Morgan fingerprint density at radius 2 is 2.21 bits per heavy atom. The van der Waals surface area contributed by atoms with Crippen LogP contribution >= 0.6 is 0 Å². The maximum atomic E-state index is 11.0. The van der Waals surface area contributed by atoms with Gasteiger partial charge in [0.2, 0.25) is 0 Å². The van der Waals surface area contributed by atoms with Crippen LogP contribution in [-0.4, -0.2) is 27.8 Å². The number of nitrogens with two attached hydrogens (primary N) is 1. The van der Waals surface area contributed by atoms with Crippen LogP contribution in [0.25, 0.3) is 0 Å². The first-order chi connectivity index (χ1) is 6.56. The van der Waals surface area contributed by atoms with Gasteiger partial charge in [0, 0.05) is 18.3 Å². The third kappa shape index (κ3) is 2.20. The minimum atomic E-state index is -1.06. The highest BCUT2D eigenvalue weighted by atomic mass is 16.3. The van der Waals surface area contributed by atoms with E-state index in [0.29, 0.717) is 11.1 Å². The van der Waals surface area contributed by atoms with Crippen molar-refractivity contribution in [1.82, 2.24) is 4.98 Å². The quantitative estimate of drug-likeness (QED) is 0.502. The van der Waals surface area contributed by atoms with Crippen molar-refractivity contribution in [1.29, 1.82) is 0 Å². The van der Waals surface area contributed by atoms with Crippen molar-refractivity contribution in [2.24, 2.45) is 5.73 Å². The highest BCUT2D eigenvalue weighted by molar-refractivity contribution is 5.19. The molecule has 1 aromatic rings. The molecule has 1 rings (SSSR count). The minimum absolute atomic E-state index is 0.0284. The molecule has 0 aliphatic rings. The van der Waals surface area contributed by atoms with E-state index in [9.17, 15) is 15.0 Å². The van der Waals surface area contributed by atoms with Crippen LogP contribution in [0.1, 0.15) is 17.2 Å². The summed E-state index contributed by atoms with van der Waals surface area (Å²) in [5.74, 6) is 0. The second kappa shape index (κ2) is 4.36. The van der Waals surface area contributed by atoms with E-state index in [-0.39, 0.29) is 12.1 Å². The number of aromatic nitrogens is 1. The van der Waals surface area contributed by atoms with E-state index in [1.54, 1.807) is 6.92 Å². The molecular formula is C9H14N2O3. The largest absolute Gasteiger partial charge is 0.389 e. The van der Waals surface area contributed by atoms with Gasteiger partial charge in [-0.15, -0.1) is 0 Å². The van der Waals surface area contributed by atoms with Gasteiger partial charge < -0.3 is 20.9 Å². The van der Waals surface area contributed by atoms with Crippen molar-refractivity contribution in [3.8, 4) is 0 Å². The first-order valence-electron chi connectivity index (χ1n) is 4.31. The van der Waals surface area contributed by atoms with E-state index < -0.39 is 12.2 Å². The molecule has 14 heavy (non-hydrogen) atoms. The molecule has 78 valence electrons. The molecule has 5 heteroatoms. The number of aliphatic hydroxyl groups excluding tert-OH is 2. The molecule has 0 aliphatic carbocycles. The van der Waals surface area contributed by atoms with Crippen LogP contribution in [0.4, 0.5) is 0 Å². The molecule has 0 amide bonds. The van der Waals surface area contributed by atoms with Crippen LogP contribution in [0.5, 0.6) is 0 Å². The first kappa shape index (κ1) is 10.9. The Kier molecular flexibility index (Phi) is 3.40. The van der Waals surface area contributed by atoms with Gasteiger partial charge in [0.15, 0.2) is 0 Å². The molecule has 0 saturated carbocycles. The van der Waals surface area contributed by atoms with Gasteiger partial charge in [-0.05, 0) is 18.6 Å². The fraction of sp³-hybridized carbons (Fsp3) is 0.444. The van der Waals surface area contributed by atoms with Crippen molar-refractivity contribution >= 4 is 0 Å². The third-order valence-corrected chi connectivity index (χ3v) is 2.06. The number of H-pyrrole nitrogens is 1. The van der Waals surface area contributed by atoms with Crippen molar-refractivity contribution in [3.05, 3.63) is 33.7 Å². The summed E-state index contributed by atoms with van der Waals surface area (Å²) in [4.78, 5) is 13.5. The van der Waals surface area contributed by atoms with Gasteiger partial charge >= 0.3 is 0 Å². The third-order valence-electron chi connectivity index (χ3n) is 2.06. The SMILES string of the molecule is Cc1cc(C(O)C(O)CN)c[nH]c1=O. The van der Waals surface area contributed by atoms with E-state index in [1.807, 2.05) is 0 Å². The summed E-state index contributed by atoms with van der Waals surface area (Å²) >= 11 is 0. The van der Waals surface area contributed by atoms with E-state index >= 15 is 0 Å². The number of rotatable bonds is 3. The van der Waals surface area contributed by atoms with Crippen molar-refractivity contribution in [2.75, 3.05) is 6.54 Å². The zero-order valence-corrected chi connectivity index (χ0v) is 7.90. The molecule has 0 aliphatic heterocycles. The zero-order valence-electron chi connectivity index (χ0n) is 7.90. The van der Waals surface area contributed by atoms with Crippen molar-refractivity contribution in [3.63, 3.8) is 0 Å². The van der Waals surface area contributed by atoms with Crippen LogP contribution in [-0.2, 0) is 0 Å². The van der Waals surface area contributed by atoms with Gasteiger partial charge in [0.05, 0.1) is 6.10 Å². The van der Waals surface area contributed by atoms with Gasteiger partial charge in [-0.3, -0.25) is 4.79 Å². The topological polar surface area (TPSA) is 99.3 Å². The van der Waals surface area contributed by atoms with E-state index in [1.165, 1.54) is 12.3 Å². The highest BCUT2D eigenvalue weighted by Crippen LogP contribution is 2.14.